The van der Waals surface area contributed by atoms with Gasteiger partial charge in [0.1, 0.15) is 11.6 Å². The number of hydrogen-bond acceptors (Lipinski definition) is 2. The zero-order valence-electron chi connectivity index (χ0n) is 8.73. The van der Waals surface area contributed by atoms with Crippen LogP contribution in [0.25, 0.3) is 0 Å². The van der Waals surface area contributed by atoms with E-state index in [1.165, 1.54) is 16.8 Å². The molecule has 0 saturated carbocycles. The van der Waals surface area contributed by atoms with E-state index in [0.29, 0.717) is 5.56 Å². The third-order valence-electron chi connectivity index (χ3n) is 2.36. The number of rotatable bonds is 2. The van der Waals surface area contributed by atoms with Crippen molar-refractivity contribution in [1.82, 2.24) is 4.57 Å². The van der Waals surface area contributed by atoms with E-state index in [0.717, 1.165) is 6.07 Å². The van der Waals surface area contributed by atoms with Gasteiger partial charge in [-0.1, -0.05) is 29.8 Å². The molecule has 0 fully saturated rings. The molecule has 2 aromatic rings. The largest absolute Gasteiger partial charge is 0.506 e. The molecule has 0 saturated heterocycles. The zero-order chi connectivity index (χ0) is 12.4. The van der Waals surface area contributed by atoms with Gasteiger partial charge in [-0.25, -0.2) is 4.39 Å². The van der Waals surface area contributed by atoms with Crippen molar-refractivity contribution in [3.8, 4) is 5.75 Å². The van der Waals surface area contributed by atoms with Gasteiger partial charge in [0.2, 0.25) is 0 Å². The highest BCUT2D eigenvalue weighted by atomic mass is 35.5. The molecule has 3 nitrogen and oxygen atoms in total. The van der Waals surface area contributed by atoms with Crippen LogP contribution in [0, 0.1) is 5.82 Å². The Morgan fingerprint density at radius 2 is 2.06 bits per heavy atom. The van der Waals surface area contributed by atoms with E-state index in [9.17, 15) is 14.3 Å². The van der Waals surface area contributed by atoms with Gasteiger partial charge in [0, 0.05) is 17.8 Å². The molecule has 0 unspecified atom stereocenters. The third kappa shape index (κ3) is 2.47. The van der Waals surface area contributed by atoms with Crippen LogP contribution in [0.15, 0.2) is 41.3 Å². The third-order valence-corrected chi connectivity index (χ3v) is 2.65. The summed E-state index contributed by atoms with van der Waals surface area (Å²) < 4.78 is 14.6. The lowest BCUT2D eigenvalue weighted by molar-refractivity contribution is 0.471. The first kappa shape index (κ1) is 11.7. The van der Waals surface area contributed by atoms with E-state index < -0.39 is 5.56 Å². The molecule has 0 radical (unpaired) electrons. The fraction of sp³-hybridized carbons (Fsp3) is 0.0833. The van der Waals surface area contributed by atoms with Gasteiger partial charge in [-0.15, -0.1) is 0 Å². The predicted octanol–water partition coefficient (Wildman–Crippen LogP) is 2.39. The Morgan fingerprint density at radius 3 is 2.76 bits per heavy atom. The van der Waals surface area contributed by atoms with Crippen molar-refractivity contribution in [2.75, 3.05) is 0 Å². The quantitative estimate of drug-likeness (QED) is 0.893. The highest BCUT2D eigenvalue weighted by Gasteiger charge is 2.06. The topological polar surface area (TPSA) is 42.2 Å². The number of aromatic hydroxyl groups is 1. The van der Waals surface area contributed by atoms with Crippen molar-refractivity contribution < 1.29 is 9.50 Å². The molecule has 5 heteroatoms. The summed E-state index contributed by atoms with van der Waals surface area (Å²) in [5.41, 5.74) is -0.0495. The SMILES string of the molecule is O=c1cc(O)c(Cl)cn1Cc1ccccc1F. The normalized spacial score (nSPS) is 10.5. The molecule has 0 bridgehead atoms. The van der Waals surface area contributed by atoms with E-state index in [4.69, 9.17) is 11.6 Å². The van der Waals surface area contributed by atoms with E-state index in [2.05, 4.69) is 0 Å². The Bertz CT molecular complexity index is 610. The van der Waals surface area contributed by atoms with Crippen molar-refractivity contribution in [3.63, 3.8) is 0 Å². The van der Waals surface area contributed by atoms with E-state index >= 15 is 0 Å². The lowest BCUT2D eigenvalue weighted by Crippen LogP contribution is -2.19. The summed E-state index contributed by atoms with van der Waals surface area (Å²) in [7, 11) is 0. The summed E-state index contributed by atoms with van der Waals surface area (Å²) in [6.07, 6.45) is 1.28. The maximum Gasteiger partial charge on any atom is 0.254 e. The summed E-state index contributed by atoms with van der Waals surface area (Å²) in [5, 5.41) is 9.28. The molecular formula is C12H9ClFNO2. The maximum absolute atomic E-state index is 13.4. The minimum Gasteiger partial charge on any atom is -0.506 e. The molecule has 0 spiro atoms. The fourth-order valence-corrected chi connectivity index (χ4v) is 1.64. The predicted molar refractivity (Wildman–Crippen MR) is 62.9 cm³/mol. The maximum atomic E-state index is 13.4. The van der Waals surface area contributed by atoms with Gasteiger partial charge in [-0.05, 0) is 6.07 Å². The van der Waals surface area contributed by atoms with Crippen LogP contribution < -0.4 is 5.56 Å². The van der Waals surface area contributed by atoms with Crippen molar-refractivity contribution in [3.05, 3.63) is 63.3 Å². The second kappa shape index (κ2) is 4.59. The minimum atomic E-state index is -0.435. The molecule has 0 aliphatic heterocycles. The molecule has 0 aliphatic carbocycles. The number of pyridine rings is 1. The lowest BCUT2D eigenvalue weighted by Gasteiger charge is -2.07. The summed E-state index contributed by atoms with van der Waals surface area (Å²) in [5.74, 6) is -0.662. The smallest absolute Gasteiger partial charge is 0.254 e. The van der Waals surface area contributed by atoms with Gasteiger partial charge in [-0.2, -0.15) is 0 Å². The molecule has 1 aromatic heterocycles. The summed E-state index contributed by atoms with van der Waals surface area (Å²) >= 11 is 5.69. The standard InChI is InChI=1S/C12H9ClFNO2/c13-9-7-15(12(17)5-11(9)16)6-8-3-1-2-4-10(8)14/h1-5,7,16H,6H2. The molecule has 88 valence electrons. The monoisotopic (exact) mass is 253 g/mol. The number of benzene rings is 1. The first-order chi connectivity index (χ1) is 8.08. The van der Waals surface area contributed by atoms with E-state index in [1.54, 1.807) is 18.2 Å². The second-order valence-electron chi connectivity index (χ2n) is 3.56. The molecular weight excluding hydrogens is 245 g/mol. The Labute approximate surface area is 102 Å². The second-order valence-corrected chi connectivity index (χ2v) is 3.97. The Balaban J connectivity index is 2.41. The average molecular weight is 254 g/mol. The summed E-state index contributed by atoms with van der Waals surface area (Å²) in [6.45, 7) is 0.0749. The highest BCUT2D eigenvalue weighted by Crippen LogP contribution is 2.19. The van der Waals surface area contributed by atoms with Crippen LogP contribution in [0.2, 0.25) is 5.02 Å². The van der Waals surface area contributed by atoms with Crippen molar-refractivity contribution in [1.29, 1.82) is 0 Å². The minimum absolute atomic E-state index is 0.0564. The van der Waals surface area contributed by atoms with Crippen LogP contribution in [0.1, 0.15) is 5.56 Å². The van der Waals surface area contributed by atoms with Crippen molar-refractivity contribution >= 4 is 11.6 Å². The van der Waals surface area contributed by atoms with Gasteiger partial charge in [0.05, 0.1) is 11.6 Å². The van der Waals surface area contributed by atoms with Crippen LogP contribution in [0.5, 0.6) is 5.75 Å². The van der Waals surface area contributed by atoms with E-state index in [-0.39, 0.29) is 23.1 Å². The van der Waals surface area contributed by atoms with Crippen molar-refractivity contribution in [2.45, 2.75) is 6.54 Å². The summed E-state index contributed by atoms with van der Waals surface area (Å²) in [4.78, 5) is 11.5. The number of halogens is 2. The van der Waals surface area contributed by atoms with Gasteiger partial charge < -0.3 is 9.67 Å². The molecule has 0 aliphatic rings. The van der Waals surface area contributed by atoms with Gasteiger partial charge in [-0.3, -0.25) is 4.79 Å². The van der Waals surface area contributed by atoms with Crippen LogP contribution in [-0.4, -0.2) is 9.67 Å². The molecule has 1 heterocycles. The van der Waals surface area contributed by atoms with Crippen LogP contribution >= 0.6 is 11.6 Å². The average Bonchev–Trinajstić information content (AvgIpc) is 2.29. The Hall–Kier alpha value is -1.81. The van der Waals surface area contributed by atoms with Crippen LogP contribution in [0.3, 0.4) is 0 Å². The molecule has 1 aromatic carbocycles. The first-order valence-electron chi connectivity index (χ1n) is 4.90. The lowest BCUT2D eigenvalue weighted by atomic mass is 10.2. The molecule has 0 amide bonds. The van der Waals surface area contributed by atoms with Crippen molar-refractivity contribution in [2.24, 2.45) is 0 Å². The number of aromatic nitrogens is 1. The number of hydrogen-bond donors (Lipinski definition) is 1. The highest BCUT2D eigenvalue weighted by molar-refractivity contribution is 6.31. The fourth-order valence-electron chi connectivity index (χ4n) is 1.47. The zero-order valence-corrected chi connectivity index (χ0v) is 9.49. The molecule has 0 atom stereocenters. The Morgan fingerprint density at radius 1 is 1.35 bits per heavy atom. The molecule has 17 heavy (non-hydrogen) atoms. The van der Waals surface area contributed by atoms with Crippen LogP contribution in [-0.2, 0) is 6.54 Å². The van der Waals surface area contributed by atoms with Gasteiger partial charge in [0.25, 0.3) is 5.56 Å². The van der Waals surface area contributed by atoms with Gasteiger partial charge in [0.15, 0.2) is 0 Å². The summed E-state index contributed by atoms with van der Waals surface area (Å²) in [6, 6.07) is 7.17. The van der Waals surface area contributed by atoms with Gasteiger partial charge >= 0.3 is 0 Å². The van der Waals surface area contributed by atoms with E-state index in [1.807, 2.05) is 0 Å². The molecule has 2 rings (SSSR count). The first-order valence-corrected chi connectivity index (χ1v) is 5.28. The number of nitrogens with zero attached hydrogens (tertiary/aromatic N) is 1. The molecule has 1 N–H and O–H groups in total. The Kier molecular flexibility index (Phi) is 3.15. The van der Waals surface area contributed by atoms with Crippen LogP contribution in [0.4, 0.5) is 4.39 Å².